The Labute approximate surface area is 148 Å². The molecule has 132 valence electrons. The maximum atomic E-state index is 12.3. The van der Waals surface area contributed by atoms with Crippen LogP contribution in [0.1, 0.15) is 37.8 Å². The number of rotatable bonds is 7. The highest BCUT2D eigenvalue weighted by atomic mass is 16.4. The number of aliphatic carboxylic acids is 1. The van der Waals surface area contributed by atoms with Crippen LogP contribution in [-0.2, 0) is 11.2 Å². The number of amides is 2. The average molecular weight is 340 g/mol. The van der Waals surface area contributed by atoms with Crippen molar-refractivity contribution in [2.45, 2.75) is 38.6 Å². The van der Waals surface area contributed by atoms with E-state index in [1.807, 2.05) is 68.4 Å². The van der Waals surface area contributed by atoms with Crippen LogP contribution in [-0.4, -0.2) is 22.6 Å². The van der Waals surface area contributed by atoms with Crippen LogP contribution in [0.4, 0.5) is 10.5 Å². The highest BCUT2D eigenvalue weighted by molar-refractivity contribution is 5.90. The number of urea groups is 1. The summed E-state index contributed by atoms with van der Waals surface area (Å²) in [5.74, 6) is -0.872. The maximum Gasteiger partial charge on any atom is 0.319 e. The zero-order valence-electron chi connectivity index (χ0n) is 14.6. The van der Waals surface area contributed by atoms with Gasteiger partial charge in [0.15, 0.2) is 0 Å². The number of anilines is 1. The van der Waals surface area contributed by atoms with Gasteiger partial charge in [0.1, 0.15) is 0 Å². The lowest BCUT2D eigenvalue weighted by molar-refractivity contribution is -0.137. The van der Waals surface area contributed by atoms with Crippen LogP contribution in [0.15, 0.2) is 54.6 Å². The average Bonchev–Trinajstić information content (AvgIpc) is 2.55. The zero-order chi connectivity index (χ0) is 18.3. The third-order valence-electron chi connectivity index (χ3n) is 3.92. The molecular formula is C20H24N2O3. The molecule has 2 aromatic rings. The van der Waals surface area contributed by atoms with Gasteiger partial charge in [-0.25, -0.2) is 4.79 Å². The predicted molar refractivity (Wildman–Crippen MR) is 98.8 cm³/mol. The van der Waals surface area contributed by atoms with Crippen LogP contribution < -0.4 is 10.6 Å². The number of benzene rings is 2. The van der Waals surface area contributed by atoms with Crippen molar-refractivity contribution >= 4 is 17.7 Å². The molecule has 0 bridgehead atoms. The summed E-state index contributed by atoms with van der Waals surface area (Å²) in [5, 5.41) is 14.5. The van der Waals surface area contributed by atoms with Crippen molar-refractivity contribution in [3.05, 3.63) is 65.7 Å². The second-order valence-electron chi connectivity index (χ2n) is 6.68. The van der Waals surface area contributed by atoms with E-state index < -0.39 is 11.5 Å². The molecule has 0 aliphatic rings. The number of carboxylic acid groups (broad SMARTS) is 1. The summed E-state index contributed by atoms with van der Waals surface area (Å²) < 4.78 is 0. The van der Waals surface area contributed by atoms with Crippen LogP contribution in [0.25, 0.3) is 0 Å². The number of nitrogens with one attached hydrogen (secondary N) is 2. The molecule has 0 spiro atoms. The summed E-state index contributed by atoms with van der Waals surface area (Å²) in [7, 11) is 0. The highest BCUT2D eigenvalue weighted by Crippen LogP contribution is 2.19. The van der Waals surface area contributed by atoms with Gasteiger partial charge >= 0.3 is 12.0 Å². The molecular weight excluding hydrogens is 316 g/mol. The van der Waals surface area contributed by atoms with E-state index in [1.165, 1.54) is 5.56 Å². The fraction of sp³-hybridized carbons (Fsp3) is 0.300. The van der Waals surface area contributed by atoms with E-state index in [2.05, 4.69) is 10.6 Å². The van der Waals surface area contributed by atoms with Crippen molar-refractivity contribution in [1.82, 2.24) is 5.32 Å². The van der Waals surface area contributed by atoms with Gasteiger partial charge in [-0.1, -0.05) is 48.5 Å². The largest absolute Gasteiger partial charge is 0.481 e. The Morgan fingerprint density at radius 3 is 2.32 bits per heavy atom. The second-order valence-corrected chi connectivity index (χ2v) is 6.68. The Hall–Kier alpha value is -2.82. The summed E-state index contributed by atoms with van der Waals surface area (Å²) >= 11 is 0. The lowest BCUT2D eigenvalue weighted by Gasteiger charge is -2.26. The molecule has 0 aliphatic carbocycles. The van der Waals surface area contributed by atoms with E-state index in [0.717, 1.165) is 17.7 Å². The number of para-hydroxylation sites is 1. The Morgan fingerprint density at radius 1 is 1.00 bits per heavy atom. The Kier molecular flexibility index (Phi) is 6.17. The molecule has 0 fully saturated rings. The van der Waals surface area contributed by atoms with Gasteiger partial charge in [-0.2, -0.15) is 0 Å². The maximum absolute atomic E-state index is 12.3. The molecule has 2 rings (SSSR count). The Morgan fingerprint density at radius 2 is 1.64 bits per heavy atom. The fourth-order valence-electron chi connectivity index (χ4n) is 2.56. The van der Waals surface area contributed by atoms with E-state index in [1.54, 1.807) is 0 Å². The Balaban J connectivity index is 2.02. The summed E-state index contributed by atoms with van der Waals surface area (Å²) in [6.07, 6.45) is 1.10. The van der Waals surface area contributed by atoms with Gasteiger partial charge in [0.25, 0.3) is 0 Å². The first-order chi connectivity index (χ1) is 11.9. The van der Waals surface area contributed by atoms with Gasteiger partial charge in [0, 0.05) is 17.6 Å². The van der Waals surface area contributed by atoms with E-state index >= 15 is 0 Å². The number of carbonyl (C=O) groups is 2. The third kappa shape index (κ3) is 6.30. The second kappa shape index (κ2) is 8.33. The molecule has 0 aliphatic heterocycles. The molecule has 0 saturated heterocycles. The molecule has 5 heteroatoms. The number of carboxylic acids is 1. The minimum Gasteiger partial charge on any atom is -0.481 e. The van der Waals surface area contributed by atoms with Crippen molar-refractivity contribution in [3.63, 3.8) is 0 Å². The molecule has 0 heterocycles. The third-order valence-corrected chi connectivity index (χ3v) is 3.92. The molecule has 3 N–H and O–H groups in total. The normalized spacial score (nSPS) is 11.0. The fourth-order valence-corrected chi connectivity index (χ4v) is 2.56. The monoisotopic (exact) mass is 340 g/mol. The van der Waals surface area contributed by atoms with Gasteiger partial charge < -0.3 is 15.7 Å². The lowest BCUT2D eigenvalue weighted by atomic mass is 9.99. The Bertz CT molecular complexity index is 727. The minimum absolute atomic E-state index is 0.0118. The van der Waals surface area contributed by atoms with Crippen molar-refractivity contribution in [1.29, 1.82) is 0 Å². The van der Waals surface area contributed by atoms with E-state index in [0.29, 0.717) is 6.42 Å². The summed E-state index contributed by atoms with van der Waals surface area (Å²) in [4.78, 5) is 23.0. The topological polar surface area (TPSA) is 78.4 Å². The van der Waals surface area contributed by atoms with E-state index in [9.17, 15) is 9.59 Å². The summed E-state index contributed by atoms with van der Waals surface area (Å²) in [6.45, 7) is 3.62. The highest BCUT2D eigenvalue weighted by Gasteiger charge is 2.21. The number of carbonyl (C=O) groups excluding carboxylic acids is 1. The number of hydrogen-bond donors (Lipinski definition) is 3. The first-order valence-electron chi connectivity index (χ1n) is 8.28. The summed E-state index contributed by atoms with van der Waals surface area (Å²) in [6, 6.07) is 17.4. The number of hydrogen-bond acceptors (Lipinski definition) is 2. The molecule has 0 radical (unpaired) electrons. The first-order valence-corrected chi connectivity index (χ1v) is 8.28. The van der Waals surface area contributed by atoms with Gasteiger partial charge in [0.2, 0.25) is 0 Å². The lowest BCUT2D eigenvalue weighted by Crippen LogP contribution is -2.45. The van der Waals surface area contributed by atoms with Crippen LogP contribution >= 0.6 is 0 Å². The van der Waals surface area contributed by atoms with Crippen LogP contribution in [0, 0.1) is 0 Å². The van der Waals surface area contributed by atoms with Gasteiger partial charge in [-0.05, 0) is 43.9 Å². The predicted octanol–water partition coefficient (Wildman–Crippen LogP) is 4.04. The van der Waals surface area contributed by atoms with Crippen molar-refractivity contribution in [2.75, 3.05) is 5.32 Å². The zero-order valence-corrected chi connectivity index (χ0v) is 14.6. The van der Waals surface area contributed by atoms with E-state index in [4.69, 9.17) is 5.11 Å². The first kappa shape index (κ1) is 18.5. The van der Waals surface area contributed by atoms with Crippen molar-refractivity contribution in [2.24, 2.45) is 0 Å². The SMILES string of the molecule is CC(C)(CCC(=O)O)NC(=O)Nc1ccccc1Cc1ccccc1. The van der Waals surface area contributed by atoms with E-state index in [-0.39, 0.29) is 12.5 Å². The van der Waals surface area contributed by atoms with Gasteiger partial charge in [-0.3, -0.25) is 4.79 Å². The molecule has 0 aromatic heterocycles. The molecule has 25 heavy (non-hydrogen) atoms. The van der Waals surface area contributed by atoms with Crippen molar-refractivity contribution in [3.8, 4) is 0 Å². The molecule has 2 aromatic carbocycles. The molecule has 0 saturated carbocycles. The molecule has 5 nitrogen and oxygen atoms in total. The van der Waals surface area contributed by atoms with Crippen LogP contribution in [0.3, 0.4) is 0 Å². The molecule has 0 unspecified atom stereocenters. The molecule has 0 atom stereocenters. The van der Waals surface area contributed by atoms with Gasteiger partial charge in [-0.15, -0.1) is 0 Å². The van der Waals surface area contributed by atoms with Gasteiger partial charge in [0.05, 0.1) is 0 Å². The molecule has 2 amide bonds. The standard InChI is InChI=1S/C20H24N2O3/c1-20(2,13-12-18(23)24)22-19(25)21-17-11-7-6-10-16(17)14-15-8-4-3-5-9-15/h3-11H,12-14H2,1-2H3,(H,23,24)(H2,21,22,25). The minimum atomic E-state index is -0.872. The van der Waals surface area contributed by atoms with Crippen LogP contribution in [0.5, 0.6) is 0 Å². The summed E-state index contributed by atoms with van der Waals surface area (Å²) in [5.41, 5.74) is 2.33. The quantitative estimate of drug-likeness (QED) is 0.712. The van der Waals surface area contributed by atoms with Crippen molar-refractivity contribution < 1.29 is 14.7 Å². The van der Waals surface area contributed by atoms with Crippen LogP contribution in [0.2, 0.25) is 0 Å². The smallest absolute Gasteiger partial charge is 0.319 e.